The highest BCUT2D eigenvalue weighted by Crippen LogP contribution is 1.92. The van der Waals surface area contributed by atoms with E-state index < -0.39 is 0 Å². The van der Waals surface area contributed by atoms with Crippen LogP contribution in [0.3, 0.4) is 0 Å². The SMILES string of the molecule is CCC[C@H](CO)NC. The number of nitrogens with one attached hydrogen (secondary N) is 1. The molecule has 0 radical (unpaired) electrons. The lowest BCUT2D eigenvalue weighted by Gasteiger charge is -2.09. The first-order valence-corrected chi connectivity index (χ1v) is 3.13. The van der Waals surface area contributed by atoms with Crippen LogP contribution in [0.25, 0.3) is 0 Å². The highest BCUT2D eigenvalue weighted by molar-refractivity contribution is 4.59. The van der Waals surface area contributed by atoms with E-state index in [-0.39, 0.29) is 6.61 Å². The molecule has 1 atom stereocenters. The topological polar surface area (TPSA) is 32.3 Å². The van der Waals surface area contributed by atoms with Gasteiger partial charge < -0.3 is 10.4 Å². The van der Waals surface area contributed by atoms with Gasteiger partial charge in [-0.25, -0.2) is 0 Å². The van der Waals surface area contributed by atoms with E-state index in [0.29, 0.717) is 6.04 Å². The van der Waals surface area contributed by atoms with Crippen molar-refractivity contribution in [1.82, 2.24) is 5.32 Å². The van der Waals surface area contributed by atoms with Crippen molar-refractivity contribution in [3.8, 4) is 0 Å². The third-order valence-corrected chi connectivity index (χ3v) is 1.27. The molecule has 2 N–H and O–H groups in total. The zero-order valence-corrected chi connectivity index (χ0v) is 5.65. The summed E-state index contributed by atoms with van der Waals surface area (Å²) in [7, 11) is 1.87. The molecular weight excluding hydrogens is 102 g/mol. The Morgan fingerprint density at radius 2 is 2.25 bits per heavy atom. The van der Waals surface area contributed by atoms with Gasteiger partial charge in [0.2, 0.25) is 0 Å². The number of hydrogen-bond acceptors (Lipinski definition) is 2. The van der Waals surface area contributed by atoms with Gasteiger partial charge in [0.05, 0.1) is 6.61 Å². The van der Waals surface area contributed by atoms with E-state index >= 15 is 0 Å². The highest BCUT2D eigenvalue weighted by Gasteiger charge is 1.99. The molecule has 0 fully saturated rings. The predicted molar refractivity (Wildman–Crippen MR) is 34.8 cm³/mol. The fraction of sp³-hybridized carbons (Fsp3) is 1.00. The van der Waals surface area contributed by atoms with E-state index in [9.17, 15) is 0 Å². The summed E-state index contributed by atoms with van der Waals surface area (Å²) in [6, 6.07) is 0.306. The van der Waals surface area contributed by atoms with E-state index in [0.717, 1.165) is 12.8 Å². The molecule has 0 aliphatic rings. The normalized spacial score (nSPS) is 13.9. The minimum absolute atomic E-state index is 0.254. The molecule has 2 heteroatoms. The summed E-state index contributed by atoms with van der Waals surface area (Å²) in [6.45, 7) is 2.37. The Bertz CT molecular complexity index is 43.8. The Morgan fingerprint density at radius 3 is 2.38 bits per heavy atom. The highest BCUT2D eigenvalue weighted by atomic mass is 16.3. The fourth-order valence-electron chi connectivity index (χ4n) is 0.675. The number of hydrogen-bond donors (Lipinski definition) is 2. The van der Waals surface area contributed by atoms with Gasteiger partial charge in [-0.2, -0.15) is 0 Å². The summed E-state index contributed by atoms with van der Waals surface area (Å²) in [5.74, 6) is 0. The standard InChI is InChI=1S/C6H15NO/c1-3-4-6(5-8)7-2/h6-8H,3-5H2,1-2H3/t6-/m1/s1. The second kappa shape index (κ2) is 5.06. The summed E-state index contributed by atoms with van der Waals surface area (Å²) in [5.41, 5.74) is 0. The van der Waals surface area contributed by atoms with Crippen molar-refractivity contribution in [3.05, 3.63) is 0 Å². The quantitative estimate of drug-likeness (QED) is 0.557. The minimum atomic E-state index is 0.254. The van der Waals surface area contributed by atoms with Gasteiger partial charge in [0.25, 0.3) is 0 Å². The predicted octanol–water partition coefficient (Wildman–Crippen LogP) is 0.367. The Hall–Kier alpha value is -0.0800. The first-order valence-electron chi connectivity index (χ1n) is 3.13. The van der Waals surface area contributed by atoms with Crippen molar-refractivity contribution in [2.75, 3.05) is 13.7 Å². The molecule has 0 rings (SSSR count). The van der Waals surface area contributed by atoms with Crippen molar-refractivity contribution in [1.29, 1.82) is 0 Å². The van der Waals surface area contributed by atoms with Crippen LogP contribution in [-0.2, 0) is 0 Å². The third-order valence-electron chi connectivity index (χ3n) is 1.27. The third kappa shape index (κ3) is 2.99. The second-order valence-electron chi connectivity index (χ2n) is 1.96. The maximum atomic E-state index is 8.59. The Labute approximate surface area is 50.9 Å². The molecule has 50 valence electrons. The van der Waals surface area contributed by atoms with Gasteiger partial charge >= 0.3 is 0 Å². The van der Waals surface area contributed by atoms with Crippen molar-refractivity contribution in [2.24, 2.45) is 0 Å². The maximum absolute atomic E-state index is 8.59. The average molecular weight is 117 g/mol. The molecule has 0 amide bonds. The van der Waals surface area contributed by atoms with E-state index in [2.05, 4.69) is 12.2 Å². The number of likely N-dealkylation sites (N-methyl/N-ethyl adjacent to an activating group) is 1. The molecule has 0 spiro atoms. The molecule has 0 aromatic rings. The van der Waals surface area contributed by atoms with Crippen LogP contribution in [0.4, 0.5) is 0 Å². The monoisotopic (exact) mass is 117 g/mol. The Morgan fingerprint density at radius 1 is 1.62 bits per heavy atom. The zero-order chi connectivity index (χ0) is 6.41. The average Bonchev–Trinajstić information content (AvgIpc) is 1.83. The van der Waals surface area contributed by atoms with Crippen LogP contribution in [0.2, 0.25) is 0 Å². The number of aliphatic hydroxyl groups is 1. The van der Waals surface area contributed by atoms with Gasteiger partial charge in [0.1, 0.15) is 0 Å². The van der Waals surface area contributed by atoms with Gasteiger partial charge in [0.15, 0.2) is 0 Å². The van der Waals surface area contributed by atoms with Crippen LogP contribution in [0, 0.1) is 0 Å². The molecule has 8 heavy (non-hydrogen) atoms. The van der Waals surface area contributed by atoms with Crippen LogP contribution >= 0.6 is 0 Å². The first kappa shape index (κ1) is 7.92. The lowest BCUT2D eigenvalue weighted by Crippen LogP contribution is -2.28. The molecular formula is C6H15NO. The molecule has 0 aliphatic heterocycles. The van der Waals surface area contributed by atoms with Crippen LogP contribution in [0.15, 0.2) is 0 Å². The molecule has 0 aliphatic carbocycles. The minimum Gasteiger partial charge on any atom is -0.395 e. The van der Waals surface area contributed by atoms with Crippen molar-refractivity contribution < 1.29 is 5.11 Å². The largest absolute Gasteiger partial charge is 0.395 e. The van der Waals surface area contributed by atoms with Crippen molar-refractivity contribution in [3.63, 3.8) is 0 Å². The van der Waals surface area contributed by atoms with Crippen molar-refractivity contribution in [2.45, 2.75) is 25.8 Å². The molecule has 0 aromatic carbocycles. The lowest BCUT2D eigenvalue weighted by atomic mass is 10.2. The fourth-order valence-corrected chi connectivity index (χ4v) is 0.675. The van der Waals surface area contributed by atoms with E-state index in [1.165, 1.54) is 0 Å². The zero-order valence-electron chi connectivity index (χ0n) is 5.65. The van der Waals surface area contributed by atoms with Crippen molar-refractivity contribution >= 4 is 0 Å². The lowest BCUT2D eigenvalue weighted by molar-refractivity contribution is 0.241. The second-order valence-corrected chi connectivity index (χ2v) is 1.96. The summed E-state index contributed by atoms with van der Waals surface area (Å²) >= 11 is 0. The van der Waals surface area contributed by atoms with E-state index in [4.69, 9.17) is 5.11 Å². The van der Waals surface area contributed by atoms with Crippen LogP contribution in [-0.4, -0.2) is 24.8 Å². The van der Waals surface area contributed by atoms with Gasteiger partial charge in [-0.1, -0.05) is 13.3 Å². The molecule has 0 bridgehead atoms. The van der Waals surface area contributed by atoms with Crippen LogP contribution in [0.1, 0.15) is 19.8 Å². The van der Waals surface area contributed by atoms with Gasteiger partial charge in [-0.3, -0.25) is 0 Å². The maximum Gasteiger partial charge on any atom is 0.0584 e. The van der Waals surface area contributed by atoms with Gasteiger partial charge in [0, 0.05) is 6.04 Å². The number of rotatable bonds is 4. The van der Waals surface area contributed by atoms with E-state index in [1.807, 2.05) is 7.05 Å². The first-order chi connectivity index (χ1) is 3.85. The summed E-state index contributed by atoms with van der Waals surface area (Å²) in [6.07, 6.45) is 2.19. The Balaban J connectivity index is 3.07. The molecule has 0 saturated carbocycles. The summed E-state index contributed by atoms with van der Waals surface area (Å²) in [5, 5.41) is 11.6. The van der Waals surface area contributed by atoms with Gasteiger partial charge in [-0.15, -0.1) is 0 Å². The molecule has 0 heterocycles. The van der Waals surface area contributed by atoms with E-state index in [1.54, 1.807) is 0 Å². The van der Waals surface area contributed by atoms with Gasteiger partial charge in [-0.05, 0) is 13.5 Å². The summed E-state index contributed by atoms with van der Waals surface area (Å²) in [4.78, 5) is 0. The molecule has 0 aromatic heterocycles. The molecule has 2 nitrogen and oxygen atoms in total. The molecule has 0 saturated heterocycles. The van der Waals surface area contributed by atoms with Crippen LogP contribution in [0.5, 0.6) is 0 Å². The Kier molecular flexibility index (Phi) is 5.01. The van der Waals surface area contributed by atoms with Crippen LogP contribution < -0.4 is 5.32 Å². The molecule has 0 unspecified atom stereocenters. The number of aliphatic hydroxyl groups excluding tert-OH is 1. The summed E-state index contributed by atoms with van der Waals surface area (Å²) < 4.78 is 0. The smallest absolute Gasteiger partial charge is 0.0584 e.